The Hall–Kier alpha value is -2.48. The van der Waals surface area contributed by atoms with Crippen LogP contribution in [0.25, 0.3) is 0 Å². The first-order chi connectivity index (χ1) is 12.0. The Morgan fingerprint density at radius 2 is 2.04 bits per heavy atom. The fraction of sp³-hybridized carbons (Fsp3) is 0.353. The molecule has 0 atom stereocenters. The molecule has 2 N–H and O–H groups in total. The van der Waals surface area contributed by atoms with Crippen LogP contribution in [0.3, 0.4) is 0 Å². The Balaban J connectivity index is 1.61. The predicted molar refractivity (Wildman–Crippen MR) is 90.5 cm³/mol. The van der Waals surface area contributed by atoms with Gasteiger partial charge >= 0.3 is 6.03 Å². The lowest BCUT2D eigenvalue weighted by Gasteiger charge is -2.15. The molecule has 2 aliphatic rings. The summed E-state index contributed by atoms with van der Waals surface area (Å²) in [6.07, 6.45) is 4.78. The summed E-state index contributed by atoms with van der Waals surface area (Å²) in [7, 11) is -4.06. The fourth-order valence-corrected chi connectivity index (χ4v) is 4.56. The highest BCUT2D eigenvalue weighted by atomic mass is 32.2. The zero-order chi connectivity index (χ0) is 17.6. The smallest absolute Gasteiger partial charge is 0.333 e. The van der Waals surface area contributed by atoms with Gasteiger partial charge in [-0.15, -0.1) is 0 Å². The van der Waals surface area contributed by atoms with Crippen LogP contribution in [0.2, 0.25) is 0 Å². The normalized spacial score (nSPS) is 15.4. The highest BCUT2D eigenvalue weighted by molar-refractivity contribution is 7.90. The second-order valence-electron chi connectivity index (χ2n) is 6.27. The topological polar surface area (TPSA) is 97.6 Å². The molecule has 1 aliphatic heterocycles. The molecular weight excluding hydrogens is 344 g/mol. The minimum atomic E-state index is -4.06. The molecule has 7 nitrogen and oxygen atoms in total. The van der Waals surface area contributed by atoms with E-state index < -0.39 is 16.1 Å². The zero-order valence-electron chi connectivity index (χ0n) is 13.7. The number of hydrogen-bond donors (Lipinski definition) is 2. The van der Waals surface area contributed by atoms with Crippen LogP contribution >= 0.6 is 0 Å². The number of anilines is 1. The van der Waals surface area contributed by atoms with E-state index in [2.05, 4.69) is 5.32 Å². The summed E-state index contributed by atoms with van der Waals surface area (Å²) in [5.74, 6) is 0.778. The number of carbonyl (C=O) groups is 1. The number of nitrogens with one attached hydrogen (secondary N) is 2. The second-order valence-corrected chi connectivity index (χ2v) is 7.85. The molecule has 25 heavy (non-hydrogen) atoms. The molecule has 2 heterocycles. The van der Waals surface area contributed by atoms with Gasteiger partial charge in [0.05, 0.1) is 18.6 Å². The third kappa shape index (κ3) is 2.76. The van der Waals surface area contributed by atoms with E-state index in [0.29, 0.717) is 24.3 Å². The van der Waals surface area contributed by atoms with Gasteiger partial charge < -0.3 is 14.5 Å². The molecule has 4 rings (SSSR count). The molecular formula is C17H18N2O5S. The Labute approximate surface area is 145 Å². The van der Waals surface area contributed by atoms with E-state index in [9.17, 15) is 13.2 Å². The van der Waals surface area contributed by atoms with Crippen molar-refractivity contribution in [2.75, 3.05) is 11.9 Å². The summed E-state index contributed by atoms with van der Waals surface area (Å²) in [5, 5.41) is 2.47. The van der Waals surface area contributed by atoms with Gasteiger partial charge in [0, 0.05) is 17.5 Å². The van der Waals surface area contributed by atoms with Crippen LogP contribution in [0.4, 0.5) is 10.5 Å². The van der Waals surface area contributed by atoms with Gasteiger partial charge in [-0.1, -0.05) is 0 Å². The van der Waals surface area contributed by atoms with E-state index in [1.165, 1.54) is 12.3 Å². The number of furan rings is 1. The lowest BCUT2D eigenvalue weighted by molar-refractivity contribution is 0.256. The van der Waals surface area contributed by atoms with Crippen molar-refractivity contribution in [2.45, 2.75) is 37.7 Å². The zero-order valence-corrected chi connectivity index (χ0v) is 14.5. The molecule has 0 bridgehead atoms. The maximum atomic E-state index is 12.4. The highest BCUT2D eigenvalue weighted by Gasteiger charge is 2.28. The van der Waals surface area contributed by atoms with Crippen LogP contribution in [-0.2, 0) is 29.3 Å². The minimum absolute atomic E-state index is 0.255. The van der Waals surface area contributed by atoms with Crippen molar-refractivity contribution in [1.82, 2.24) is 4.72 Å². The van der Waals surface area contributed by atoms with E-state index in [4.69, 9.17) is 9.15 Å². The number of aryl methyl sites for hydroxylation is 2. The van der Waals surface area contributed by atoms with Crippen molar-refractivity contribution in [2.24, 2.45) is 0 Å². The number of fused-ring (bicyclic) bond motifs is 2. The van der Waals surface area contributed by atoms with E-state index in [1.807, 2.05) is 10.8 Å². The third-order valence-corrected chi connectivity index (χ3v) is 5.96. The number of urea groups is 1. The third-order valence-electron chi connectivity index (χ3n) is 4.60. The lowest BCUT2D eigenvalue weighted by Crippen LogP contribution is -2.35. The quantitative estimate of drug-likeness (QED) is 0.874. The highest BCUT2D eigenvalue weighted by Crippen LogP contribution is 2.40. The van der Waals surface area contributed by atoms with Crippen LogP contribution in [-0.4, -0.2) is 21.1 Å². The van der Waals surface area contributed by atoms with E-state index in [0.717, 1.165) is 41.7 Å². The number of hydrogen-bond acceptors (Lipinski definition) is 5. The van der Waals surface area contributed by atoms with Crippen LogP contribution in [0.1, 0.15) is 28.7 Å². The molecule has 132 valence electrons. The number of carbonyl (C=O) groups excluding carboxylic acids is 1. The van der Waals surface area contributed by atoms with Gasteiger partial charge in [-0.3, -0.25) is 0 Å². The van der Waals surface area contributed by atoms with Gasteiger partial charge in [-0.25, -0.2) is 9.52 Å². The molecule has 0 saturated carbocycles. The average molecular weight is 362 g/mol. The van der Waals surface area contributed by atoms with E-state index >= 15 is 0 Å². The number of benzene rings is 1. The summed E-state index contributed by atoms with van der Waals surface area (Å²) in [6, 6.07) is 2.77. The summed E-state index contributed by atoms with van der Waals surface area (Å²) in [4.78, 5) is 12.4. The van der Waals surface area contributed by atoms with E-state index in [-0.39, 0.29) is 5.09 Å². The lowest BCUT2D eigenvalue weighted by atomic mass is 10.0. The van der Waals surface area contributed by atoms with Crippen molar-refractivity contribution in [3.8, 4) is 5.75 Å². The van der Waals surface area contributed by atoms with Crippen LogP contribution in [0.15, 0.2) is 27.9 Å². The monoisotopic (exact) mass is 362 g/mol. The number of amides is 2. The largest absolute Gasteiger partial charge is 0.493 e. The first-order valence-corrected chi connectivity index (χ1v) is 9.62. The Morgan fingerprint density at radius 1 is 1.20 bits per heavy atom. The van der Waals surface area contributed by atoms with Crippen LogP contribution < -0.4 is 14.8 Å². The summed E-state index contributed by atoms with van der Waals surface area (Å²) in [5.41, 5.74) is 4.29. The predicted octanol–water partition coefficient (Wildman–Crippen LogP) is 2.52. The molecule has 0 spiro atoms. The molecule has 2 aromatic rings. The van der Waals surface area contributed by atoms with Crippen molar-refractivity contribution in [1.29, 1.82) is 0 Å². The van der Waals surface area contributed by atoms with Gasteiger partial charge in [0.1, 0.15) is 5.75 Å². The number of rotatable bonds is 3. The Kier molecular flexibility index (Phi) is 3.72. The number of ether oxygens (including phenoxy) is 1. The molecule has 1 aliphatic carbocycles. The summed E-state index contributed by atoms with van der Waals surface area (Å²) < 4.78 is 37.2. The molecule has 0 unspecified atom stereocenters. The minimum Gasteiger partial charge on any atom is -0.493 e. The van der Waals surface area contributed by atoms with Gasteiger partial charge in [-0.2, -0.15) is 8.42 Å². The second kappa shape index (κ2) is 5.80. The van der Waals surface area contributed by atoms with Crippen LogP contribution in [0, 0.1) is 6.92 Å². The first-order valence-electron chi connectivity index (χ1n) is 8.14. The first kappa shape index (κ1) is 16.0. The van der Waals surface area contributed by atoms with Crippen molar-refractivity contribution in [3.05, 3.63) is 40.6 Å². The molecule has 1 aromatic heterocycles. The van der Waals surface area contributed by atoms with Gasteiger partial charge in [0.25, 0.3) is 10.0 Å². The maximum absolute atomic E-state index is 12.4. The van der Waals surface area contributed by atoms with Gasteiger partial charge in [0.2, 0.25) is 5.09 Å². The molecule has 0 radical (unpaired) electrons. The van der Waals surface area contributed by atoms with Crippen molar-refractivity contribution in [3.63, 3.8) is 0 Å². The van der Waals surface area contributed by atoms with Gasteiger partial charge in [-0.05, 0) is 49.4 Å². The maximum Gasteiger partial charge on any atom is 0.333 e. The number of sulfonamides is 1. The fourth-order valence-electron chi connectivity index (χ4n) is 3.50. The molecule has 2 amide bonds. The Bertz CT molecular complexity index is 929. The molecule has 8 heteroatoms. The molecule has 0 saturated heterocycles. The standard InChI is InChI=1S/C17H18N2O5S/c1-10-5-7-24-16(10)25(21,22)19-17(20)18-15-12-4-2-3-11(12)9-14-13(15)6-8-23-14/h5,7,9H,2-4,6,8H2,1H3,(H2,18,19,20). The SMILES string of the molecule is Cc1ccoc1S(=O)(=O)NC(=O)Nc1c2c(cc3c1CCO3)CCC2. The average Bonchev–Trinajstić information content (AvgIpc) is 3.25. The molecule has 0 fully saturated rings. The summed E-state index contributed by atoms with van der Waals surface area (Å²) in [6.45, 7) is 2.17. The van der Waals surface area contributed by atoms with E-state index in [1.54, 1.807) is 6.92 Å². The summed E-state index contributed by atoms with van der Waals surface area (Å²) >= 11 is 0. The molecule has 1 aromatic carbocycles. The van der Waals surface area contributed by atoms with Gasteiger partial charge in [0.15, 0.2) is 0 Å². The Morgan fingerprint density at radius 3 is 2.80 bits per heavy atom. The van der Waals surface area contributed by atoms with Crippen LogP contribution in [0.5, 0.6) is 5.75 Å². The van der Waals surface area contributed by atoms with Crippen molar-refractivity contribution >= 4 is 21.7 Å². The van der Waals surface area contributed by atoms with Crippen molar-refractivity contribution < 1.29 is 22.4 Å².